The van der Waals surface area contributed by atoms with E-state index in [-0.39, 0.29) is 11.8 Å². The summed E-state index contributed by atoms with van der Waals surface area (Å²) in [6.07, 6.45) is 3.56. The predicted octanol–water partition coefficient (Wildman–Crippen LogP) is 3.91. The lowest BCUT2D eigenvalue weighted by molar-refractivity contribution is -0.117. The first-order chi connectivity index (χ1) is 9.70. The Labute approximate surface area is 120 Å². The largest absolute Gasteiger partial charge is 0.310 e. The molecule has 2 aromatic rings. The number of nitrogens with one attached hydrogen (secondary N) is 1. The zero-order valence-corrected chi connectivity index (χ0v) is 12.0. The van der Waals surface area contributed by atoms with Crippen LogP contribution in [-0.2, 0) is 4.79 Å². The fourth-order valence-corrected chi connectivity index (χ4v) is 2.18. The van der Waals surface area contributed by atoms with Crippen LogP contribution in [0.3, 0.4) is 0 Å². The van der Waals surface area contributed by atoms with Crippen molar-refractivity contribution >= 4 is 11.7 Å². The molecule has 0 aliphatic carbocycles. The van der Waals surface area contributed by atoms with Crippen LogP contribution < -0.4 is 5.32 Å². The zero-order valence-electron chi connectivity index (χ0n) is 12.0. The van der Waals surface area contributed by atoms with E-state index < -0.39 is 0 Å². The van der Waals surface area contributed by atoms with Gasteiger partial charge in [-0.2, -0.15) is 0 Å². The molecule has 1 heterocycles. The SMILES string of the molecule is CCCC(C(=O)Nc1ccc(C)cn1)c1ccccc1. The number of aryl methyl sites for hydroxylation is 1. The molecule has 3 heteroatoms. The number of aromatic nitrogens is 1. The van der Waals surface area contributed by atoms with E-state index in [1.165, 1.54) is 0 Å². The van der Waals surface area contributed by atoms with Crippen LogP contribution in [0.1, 0.15) is 36.8 Å². The van der Waals surface area contributed by atoms with Gasteiger partial charge in [0.05, 0.1) is 5.92 Å². The lowest BCUT2D eigenvalue weighted by Gasteiger charge is -2.16. The van der Waals surface area contributed by atoms with Gasteiger partial charge in [0, 0.05) is 6.20 Å². The molecule has 0 saturated heterocycles. The molecule has 1 unspecified atom stereocenters. The van der Waals surface area contributed by atoms with Gasteiger partial charge in [-0.25, -0.2) is 4.98 Å². The quantitative estimate of drug-likeness (QED) is 0.893. The summed E-state index contributed by atoms with van der Waals surface area (Å²) in [7, 11) is 0. The van der Waals surface area contributed by atoms with Gasteiger partial charge in [-0.15, -0.1) is 0 Å². The Balaban J connectivity index is 2.13. The van der Waals surface area contributed by atoms with Crippen LogP contribution in [0, 0.1) is 6.92 Å². The van der Waals surface area contributed by atoms with Crippen molar-refractivity contribution in [2.75, 3.05) is 5.32 Å². The van der Waals surface area contributed by atoms with Crippen molar-refractivity contribution in [2.45, 2.75) is 32.6 Å². The molecule has 1 aromatic heterocycles. The number of hydrogen-bond acceptors (Lipinski definition) is 2. The first-order valence-electron chi connectivity index (χ1n) is 6.99. The number of hydrogen-bond donors (Lipinski definition) is 1. The second-order valence-corrected chi connectivity index (χ2v) is 4.96. The molecule has 104 valence electrons. The lowest BCUT2D eigenvalue weighted by Crippen LogP contribution is -2.21. The molecular formula is C17H20N2O. The number of anilines is 1. The van der Waals surface area contributed by atoms with Crippen LogP contribution in [0.15, 0.2) is 48.7 Å². The summed E-state index contributed by atoms with van der Waals surface area (Å²) in [5.41, 5.74) is 2.13. The van der Waals surface area contributed by atoms with Gasteiger partial charge in [-0.05, 0) is 30.5 Å². The Morgan fingerprint density at radius 2 is 1.95 bits per heavy atom. The summed E-state index contributed by atoms with van der Waals surface area (Å²) in [5, 5.41) is 2.90. The Kier molecular flexibility index (Phi) is 4.88. The summed E-state index contributed by atoms with van der Waals surface area (Å²) in [6, 6.07) is 13.7. The number of pyridine rings is 1. The predicted molar refractivity (Wildman–Crippen MR) is 81.7 cm³/mol. The highest BCUT2D eigenvalue weighted by molar-refractivity contribution is 5.95. The van der Waals surface area contributed by atoms with Crippen LogP contribution in [0.25, 0.3) is 0 Å². The van der Waals surface area contributed by atoms with E-state index in [2.05, 4.69) is 17.2 Å². The van der Waals surface area contributed by atoms with Crippen molar-refractivity contribution in [3.8, 4) is 0 Å². The van der Waals surface area contributed by atoms with Crippen LogP contribution in [0.4, 0.5) is 5.82 Å². The minimum absolute atomic E-state index is 0.00871. The fraction of sp³-hybridized carbons (Fsp3) is 0.294. The van der Waals surface area contributed by atoms with Gasteiger partial charge < -0.3 is 5.32 Å². The summed E-state index contributed by atoms with van der Waals surface area (Å²) in [6.45, 7) is 4.07. The smallest absolute Gasteiger partial charge is 0.233 e. The highest BCUT2D eigenvalue weighted by atomic mass is 16.1. The van der Waals surface area contributed by atoms with Crippen molar-refractivity contribution in [1.82, 2.24) is 4.98 Å². The third-order valence-corrected chi connectivity index (χ3v) is 3.26. The van der Waals surface area contributed by atoms with Gasteiger partial charge in [-0.3, -0.25) is 4.79 Å². The molecule has 1 atom stereocenters. The molecule has 0 aliphatic rings. The van der Waals surface area contributed by atoms with Crippen molar-refractivity contribution in [3.05, 3.63) is 59.8 Å². The second-order valence-electron chi connectivity index (χ2n) is 4.96. The fourth-order valence-electron chi connectivity index (χ4n) is 2.18. The number of rotatable bonds is 5. The van der Waals surface area contributed by atoms with Gasteiger partial charge in [0.1, 0.15) is 5.82 Å². The summed E-state index contributed by atoms with van der Waals surface area (Å²) < 4.78 is 0. The van der Waals surface area contributed by atoms with E-state index in [0.29, 0.717) is 5.82 Å². The van der Waals surface area contributed by atoms with Crippen LogP contribution in [-0.4, -0.2) is 10.9 Å². The Hall–Kier alpha value is -2.16. The maximum Gasteiger partial charge on any atom is 0.233 e. The lowest BCUT2D eigenvalue weighted by atomic mass is 9.93. The number of benzene rings is 1. The monoisotopic (exact) mass is 268 g/mol. The van der Waals surface area contributed by atoms with Crippen molar-refractivity contribution in [3.63, 3.8) is 0 Å². The minimum atomic E-state index is -0.121. The molecule has 1 aromatic carbocycles. The second kappa shape index (κ2) is 6.85. The van der Waals surface area contributed by atoms with E-state index in [0.717, 1.165) is 24.0 Å². The average Bonchev–Trinajstić information content (AvgIpc) is 2.48. The molecule has 0 fully saturated rings. The van der Waals surface area contributed by atoms with Crippen LogP contribution in [0.2, 0.25) is 0 Å². The van der Waals surface area contributed by atoms with Crippen LogP contribution >= 0.6 is 0 Å². The van der Waals surface area contributed by atoms with Gasteiger partial charge >= 0.3 is 0 Å². The third-order valence-electron chi connectivity index (χ3n) is 3.26. The molecule has 2 rings (SSSR count). The zero-order chi connectivity index (χ0) is 14.4. The summed E-state index contributed by atoms with van der Waals surface area (Å²) in [5.74, 6) is 0.497. The van der Waals surface area contributed by atoms with E-state index in [9.17, 15) is 4.79 Å². The van der Waals surface area contributed by atoms with E-state index in [1.807, 2.05) is 49.4 Å². The molecule has 1 N–H and O–H groups in total. The maximum atomic E-state index is 12.4. The van der Waals surface area contributed by atoms with Crippen molar-refractivity contribution < 1.29 is 4.79 Å². The van der Waals surface area contributed by atoms with Gasteiger partial charge in [-0.1, -0.05) is 49.7 Å². The highest BCUT2D eigenvalue weighted by Gasteiger charge is 2.19. The molecule has 0 spiro atoms. The normalized spacial score (nSPS) is 11.9. The standard InChI is InChI=1S/C17H20N2O/c1-3-7-15(14-8-5-4-6-9-14)17(20)19-16-11-10-13(2)12-18-16/h4-6,8-12,15H,3,7H2,1-2H3,(H,18,19,20). The van der Waals surface area contributed by atoms with E-state index in [4.69, 9.17) is 0 Å². The molecular weight excluding hydrogens is 248 g/mol. The first kappa shape index (κ1) is 14.3. The number of carbonyl (C=O) groups is 1. The van der Waals surface area contributed by atoms with E-state index in [1.54, 1.807) is 6.20 Å². The number of carbonyl (C=O) groups excluding carboxylic acids is 1. The topological polar surface area (TPSA) is 42.0 Å². The van der Waals surface area contributed by atoms with Crippen LogP contribution in [0.5, 0.6) is 0 Å². The molecule has 20 heavy (non-hydrogen) atoms. The highest BCUT2D eigenvalue weighted by Crippen LogP contribution is 2.22. The first-order valence-corrected chi connectivity index (χ1v) is 6.99. The molecule has 1 amide bonds. The van der Waals surface area contributed by atoms with E-state index >= 15 is 0 Å². The number of amides is 1. The molecule has 0 aliphatic heterocycles. The molecule has 0 saturated carbocycles. The van der Waals surface area contributed by atoms with Crippen molar-refractivity contribution in [1.29, 1.82) is 0 Å². The minimum Gasteiger partial charge on any atom is -0.310 e. The van der Waals surface area contributed by atoms with Gasteiger partial charge in [0.2, 0.25) is 5.91 Å². The van der Waals surface area contributed by atoms with Gasteiger partial charge in [0.25, 0.3) is 0 Å². The Morgan fingerprint density at radius 1 is 1.20 bits per heavy atom. The summed E-state index contributed by atoms with van der Waals surface area (Å²) in [4.78, 5) is 16.7. The molecule has 0 bridgehead atoms. The Morgan fingerprint density at radius 3 is 2.55 bits per heavy atom. The maximum absolute atomic E-state index is 12.4. The molecule has 3 nitrogen and oxygen atoms in total. The Bertz CT molecular complexity index is 549. The average molecular weight is 268 g/mol. The number of nitrogens with zero attached hydrogens (tertiary/aromatic N) is 1. The molecule has 0 radical (unpaired) electrons. The third kappa shape index (κ3) is 3.67. The summed E-state index contributed by atoms with van der Waals surface area (Å²) >= 11 is 0. The van der Waals surface area contributed by atoms with Crippen molar-refractivity contribution in [2.24, 2.45) is 0 Å². The van der Waals surface area contributed by atoms with Gasteiger partial charge in [0.15, 0.2) is 0 Å².